The Morgan fingerprint density at radius 2 is 2.73 bits per heavy atom. The second kappa shape index (κ2) is 4.05. The van der Waals surface area contributed by atoms with Crippen LogP contribution in [0.5, 0.6) is 0 Å². The first-order chi connectivity index (χ1) is 5.38. The third-order valence-corrected chi connectivity index (χ3v) is 2.09. The van der Waals surface area contributed by atoms with Crippen LogP contribution in [-0.4, -0.2) is 23.1 Å². The molecule has 1 aromatic heterocycles. The van der Waals surface area contributed by atoms with Crippen LogP contribution in [0.3, 0.4) is 0 Å². The lowest BCUT2D eigenvalue weighted by molar-refractivity contribution is -0.110. The van der Waals surface area contributed by atoms with Crippen LogP contribution in [0.1, 0.15) is 11.0 Å². The molecule has 2 N–H and O–H groups in total. The number of aliphatic hydroxyl groups excluding tert-OH is 1. The number of aromatic nitrogens is 1. The van der Waals surface area contributed by atoms with Gasteiger partial charge in [-0.25, -0.2) is 4.98 Å². The van der Waals surface area contributed by atoms with Crippen LogP contribution in [0.2, 0.25) is 0 Å². The van der Waals surface area contributed by atoms with Gasteiger partial charge in [0.05, 0.1) is 6.61 Å². The van der Waals surface area contributed by atoms with Crippen molar-refractivity contribution in [3.8, 4) is 0 Å². The third kappa shape index (κ3) is 1.99. The average molecular weight is 172 g/mol. The zero-order valence-electron chi connectivity index (χ0n) is 5.73. The monoisotopic (exact) mass is 172 g/mol. The normalized spacial score (nSPS) is 12.5. The Labute approximate surface area is 67.9 Å². The molecule has 0 aliphatic heterocycles. The maximum Gasteiger partial charge on any atom is 0.207 e. The van der Waals surface area contributed by atoms with Gasteiger partial charge in [-0.3, -0.25) is 4.79 Å². The largest absolute Gasteiger partial charge is 0.394 e. The van der Waals surface area contributed by atoms with Crippen LogP contribution in [0.25, 0.3) is 0 Å². The van der Waals surface area contributed by atoms with Crippen LogP contribution >= 0.6 is 11.3 Å². The van der Waals surface area contributed by atoms with E-state index in [9.17, 15) is 4.79 Å². The van der Waals surface area contributed by atoms with Gasteiger partial charge >= 0.3 is 0 Å². The summed E-state index contributed by atoms with van der Waals surface area (Å²) >= 11 is 1.40. The zero-order valence-corrected chi connectivity index (χ0v) is 6.54. The highest BCUT2D eigenvalue weighted by atomic mass is 32.1. The number of aliphatic hydroxyl groups is 1. The lowest BCUT2D eigenvalue weighted by Crippen LogP contribution is -2.22. The van der Waals surface area contributed by atoms with Gasteiger partial charge in [0.25, 0.3) is 0 Å². The van der Waals surface area contributed by atoms with Crippen LogP contribution in [0.15, 0.2) is 11.6 Å². The predicted molar refractivity (Wildman–Crippen MR) is 41.1 cm³/mol. The van der Waals surface area contributed by atoms with E-state index in [0.29, 0.717) is 6.41 Å². The van der Waals surface area contributed by atoms with E-state index in [-0.39, 0.29) is 12.6 Å². The van der Waals surface area contributed by atoms with Crippen molar-refractivity contribution >= 4 is 17.7 Å². The summed E-state index contributed by atoms with van der Waals surface area (Å²) in [5.41, 5.74) is 0. The molecule has 4 nitrogen and oxygen atoms in total. The van der Waals surface area contributed by atoms with Gasteiger partial charge in [-0.2, -0.15) is 0 Å². The second-order valence-electron chi connectivity index (χ2n) is 1.89. The predicted octanol–water partition coefficient (Wildman–Crippen LogP) is -0.0775. The van der Waals surface area contributed by atoms with Crippen LogP contribution in [-0.2, 0) is 4.79 Å². The lowest BCUT2D eigenvalue weighted by atomic mass is 10.3. The quantitative estimate of drug-likeness (QED) is 0.624. The summed E-state index contributed by atoms with van der Waals surface area (Å²) in [6.07, 6.45) is 2.19. The fraction of sp³-hybridized carbons (Fsp3) is 0.333. The Kier molecular flexibility index (Phi) is 3.00. The van der Waals surface area contributed by atoms with E-state index in [1.807, 2.05) is 0 Å². The van der Waals surface area contributed by atoms with Crippen molar-refractivity contribution in [2.75, 3.05) is 6.61 Å². The summed E-state index contributed by atoms with van der Waals surface area (Å²) in [7, 11) is 0. The molecular formula is C6H8N2O2S. The molecule has 0 aliphatic carbocycles. The molecule has 1 rings (SSSR count). The summed E-state index contributed by atoms with van der Waals surface area (Å²) in [5, 5.41) is 13.7. The number of nitrogens with zero attached hydrogens (tertiary/aromatic N) is 1. The molecule has 0 saturated carbocycles. The van der Waals surface area contributed by atoms with Crippen LogP contribution < -0.4 is 5.32 Å². The van der Waals surface area contributed by atoms with Crippen molar-refractivity contribution < 1.29 is 9.90 Å². The highest BCUT2D eigenvalue weighted by Gasteiger charge is 2.10. The Bertz CT molecular complexity index is 212. The minimum atomic E-state index is -0.354. The molecule has 0 aliphatic rings. The molecule has 0 bridgehead atoms. The zero-order chi connectivity index (χ0) is 8.10. The van der Waals surface area contributed by atoms with Gasteiger partial charge in [-0.05, 0) is 0 Å². The Hall–Kier alpha value is -0.940. The molecule has 1 unspecified atom stereocenters. The maximum absolute atomic E-state index is 10.0. The second-order valence-corrected chi connectivity index (χ2v) is 2.82. The minimum absolute atomic E-state index is 0.119. The Balaban J connectivity index is 2.62. The number of carbonyl (C=O) groups is 1. The number of thiazole rings is 1. The smallest absolute Gasteiger partial charge is 0.207 e. The number of hydrogen-bond donors (Lipinski definition) is 2. The fourth-order valence-electron chi connectivity index (χ4n) is 0.691. The van der Waals surface area contributed by atoms with E-state index in [1.54, 1.807) is 11.6 Å². The van der Waals surface area contributed by atoms with Gasteiger partial charge in [-0.15, -0.1) is 11.3 Å². The Morgan fingerprint density at radius 3 is 3.18 bits per heavy atom. The molecule has 11 heavy (non-hydrogen) atoms. The molecule has 0 saturated heterocycles. The number of rotatable bonds is 4. The number of amides is 1. The van der Waals surface area contributed by atoms with Gasteiger partial charge in [0.1, 0.15) is 11.0 Å². The molecule has 1 heterocycles. The molecule has 5 heteroatoms. The van der Waals surface area contributed by atoms with Crippen molar-refractivity contribution in [3.05, 3.63) is 16.6 Å². The number of hydrogen-bond acceptors (Lipinski definition) is 4. The number of carbonyl (C=O) groups excluding carboxylic acids is 1. The summed E-state index contributed by atoms with van der Waals surface area (Å²) in [6.45, 7) is -0.119. The maximum atomic E-state index is 10.0. The molecule has 1 atom stereocenters. The van der Waals surface area contributed by atoms with Crippen molar-refractivity contribution in [1.82, 2.24) is 10.3 Å². The molecule has 0 aromatic carbocycles. The molecule has 1 amide bonds. The van der Waals surface area contributed by atoms with Gasteiger partial charge in [0.2, 0.25) is 6.41 Å². The topological polar surface area (TPSA) is 62.2 Å². The molecule has 1 aromatic rings. The highest BCUT2D eigenvalue weighted by Crippen LogP contribution is 2.13. The van der Waals surface area contributed by atoms with Crippen molar-refractivity contribution in [2.24, 2.45) is 0 Å². The minimum Gasteiger partial charge on any atom is -0.394 e. The van der Waals surface area contributed by atoms with Crippen molar-refractivity contribution in [2.45, 2.75) is 6.04 Å². The van der Waals surface area contributed by atoms with E-state index in [2.05, 4.69) is 10.3 Å². The van der Waals surface area contributed by atoms with Crippen molar-refractivity contribution in [1.29, 1.82) is 0 Å². The SMILES string of the molecule is O=CNC(CO)c1nccs1. The first kappa shape index (κ1) is 8.16. The molecule has 0 spiro atoms. The van der Waals surface area contributed by atoms with Gasteiger partial charge in [0.15, 0.2) is 0 Å². The van der Waals surface area contributed by atoms with Gasteiger partial charge in [-0.1, -0.05) is 0 Å². The molecule has 0 fully saturated rings. The highest BCUT2D eigenvalue weighted by molar-refractivity contribution is 7.09. The third-order valence-electron chi connectivity index (χ3n) is 1.20. The summed E-state index contributed by atoms with van der Waals surface area (Å²) in [5.74, 6) is 0. The van der Waals surface area contributed by atoms with Crippen LogP contribution in [0, 0.1) is 0 Å². The standard InChI is InChI=1S/C6H8N2O2S/c9-3-5(8-4-10)6-7-1-2-11-6/h1-2,4-5,9H,3H2,(H,8,10). The number of nitrogens with one attached hydrogen (secondary N) is 1. The fourth-order valence-corrected chi connectivity index (χ4v) is 1.38. The van der Waals surface area contributed by atoms with Gasteiger partial charge in [0, 0.05) is 11.6 Å². The van der Waals surface area contributed by atoms with E-state index >= 15 is 0 Å². The lowest BCUT2D eigenvalue weighted by Gasteiger charge is -2.07. The van der Waals surface area contributed by atoms with E-state index in [0.717, 1.165) is 5.01 Å². The molecule has 0 radical (unpaired) electrons. The van der Waals surface area contributed by atoms with E-state index in [4.69, 9.17) is 5.11 Å². The Morgan fingerprint density at radius 1 is 1.91 bits per heavy atom. The summed E-state index contributed by atoms with van der Waals surface area (Å²) < 4.78 is 0. The average Bonchev–Trinajstić information content (AvgIpc) is 2.52. The summed E-state index contributed by atoms with van der Waals surface area (Å²) in [4.78, 5) is 14.0. The van der Waals surface area contributed by atoms with E-state index in [1.165, 1.54) is 11.3 Å². The first-order valence-electron chi connectivity index (χ1n) is 3.08. The van der Waals surface area contributed by atoms with Crippen LogP contribution in [0.4, 0.5) is 0 Å². The van der Waals surface area contributed by atoms with E-state index < -0.39 is 0 Å². The van der Waals surface area contributed by atoms with Crippen molar-refractivity contribution in [3.63, 3.8) is 0 Å². The van der Waals surface area contributed by atoms with Gasteiger partial charge < -0.3 is 10.4 Å². The molecule has 60 valence electrons. The summed E-state index contributed by atoms with van der Waals surface area (Å²) in [6, 6.07) is -0.354. The first-order valence-corrected chi connectivity index (χ1v) is 3.96. The molecular weight excluding hydrogens is 164 g/mol.